The Morgan fingerprint density at radius 3 is 2.28 bits per heavy atom. The largest absolute Gasteiger partial charge is 0.481 e. The van der Waals surface area contributed by atoms with E-state index in [2.05, 4.69) is 0 Å². The summed E-state index contributed by atoms with van der Waals surface area (Å²) in [4.78, 5) is 25.1. The summed E-state index contributed by atoms with van der Waals surface area (Å²) in [6, 6.07) is 0. The number of carbonyl (C=O) groups excluding carboxylic acids is 1. The minimum absolute atomic E-state index is 0.00745. The van der Waals surface area contributed by atoms with Crippen LogP contribution < -0.4 is 0 Å². The maximum Gasteiger partial charge on any atom is 0.307 e. The highest BCUT2D eigenvalue weighted by atomic mass is 32.2. The topological polar surface area (TPSA) is 57.6 Å². The zero-order valence-corrected chi connectivity index (χ0v) is 12.3. The molecule has 1 unspecified atom stereocenters. The van der Waals surface area contributed by atoms with Crippen molar-refractivity contribution < 1.29 is 14.7 Å². The Balaban J connectivity index is 2.54. The molecule has 5 heteroatoms. The van der Waals surface area contributed by atoms with Crippen molar-refractivity contribution in [3.63, 3.8) is 0 Å². The SMILES string of the molecule is CC(C)(C)CC(CC(=O)N1CCSCC1)C(=O)O. The zero-order chi connectivity index (χ0) is 13.8. The molecule has 4 nitrogen and oxygen atoms in total. The zero-order valence-electron chi connectivity index (χ0n) is 11.4. The van der Waals surface area contributed by atoms with Crippen molar-refractivity contribution in [2.24, 2.45) is 11.3 Å². The van der Waals surface area contributed by atoms with Gasteiger partial charge in [0.05, 0.1) is 5.92 Å². The van der Waals surface area contributed by atoms with E-state index in [1.54, 1.807) is 4.90 Å². The molecule has 1 heterocycles. The fourth-order valence-electron chi connectivity index (χ4n) is 2.14. The van der Waals surface area contributed by atoms with Crippen LogP contribution in [0.25, 0.3) is 0 Å². The molecule has 1 N–H and O–H groups in total. The number of thioether (sulfide) groups is 1. The van der Waals surface area contributed by atoms with Gasteiger partial charge in [0, 0.05) is 31.0 Å². The summed E-state index contributed by atoms with van der Waals surface area (Å²) in [6.07, 6.45) is 0.675. The van der Waals surface area contributed by atoms with Gasteiger partial charge in [-0.25, -0.2) is 0 Å². The summed E-state index contributed by atoms with van der Waals surface area (Å²) in [7, 11) is 0. The van der Waals surface area contributed by atoms with E-state index in [9.17, 15) is 14.7 Å². The second-order valence-electron chi connectivity index (χ2n) is 6.00. The maximum atomic E-state index is 12.1. The van der Waals surface area contributed by atoms with Crippen LogP contribution in [0.1, 0.15) is 33.6 Å². The molecule has 1 amide bonds. The molecule has 1 aliphatic heterocycles. The van der Waals surface area contributed by atoms with E-state index < -0.39 is 11.9 Å². The van der Waals surface area contributed by atoms with Crippen molar-refractivity contribution in [2.45, 2.75) is 33.6 Å². The Morgan fingerprint density at radius 2 is 1.83 bits per heavy atom. The smallest absolute Gasteiger partial charge is 0.307 e. The minimum atomic E-state index is -0.857. The molecule has 0 bridgehead atoms. The predicted octanol–water partition coefficient (Wildman–Crippen LogP) is 2.09. The highest BCUT2D eigenvalue weighted by molar-refractivity contribution is 7.99. The van der Waals surface area contributed by atoms with Crippen LogP contribution in [0, 0.1) is 11.3 Å². The van der Waals surface area contributed by atoms with Crippen molar-refractivity contribution in [2.75, 3.05) is 24.6 Å². The van der Waals surface area contributed by atoms with Gasteiger partial charge in [0.2, 0.25) is 5.91 Å². The summed E-state index contributed by atoms with van der Waals surface area (Å²) >= 11 is 1.84. The van der Waals surface area contributed by atoms with Gasteiger partial charge in [-0.15, -0.1) is 0 Å². The molecule has 0 radical (unpaired) electrons. The Morgan fingerprint density at radius 1 is 1.28 bits per heavy atom. The normalized spacial score (nSPS) is 18.5. The van der Waals surface area contributed by atoms with Crippen LogP contribution in [0.3, 0.4) is 0 Å². The van der Waals surface area contributed by atoms with Gasteiger partial charge in [-0.1, -0.05) is 20.8 Å². The van der Waals surface area contributed by atoms with Gasteiger partial charge in [0.1, 0.15) is 0 Å². The second kappa shape index (κ2) is 6.45. The Hall–Kier alpha value is -0.710. The van der Waals surface area contributed by atoms with Crippen molar-refractivity contribution in [3.05, 3.63) is 0 Å². The fraction of sp³-hybridized carbons (Fsp3) is 0.846. The second-order valence-corrected chi connectivity index (χ2v) is 7.22. The lowest BCUT2D eigenvalue weighted by Gasteiger charge is -2.29. The number of hydrogen-bond acceptors (Lipinski definition) is 3. The lowest BCUT2D eigenvalue weighted by atomic mass is 9.83. The first kappa shape index (κ1) is 15.3. The molecule has 104 valence electrons. The predicted molar refractivity (Wildman–Crippen MR) is 73.7 cm³/mol. The molecule has 1 saturated heterocycles. The average molecular weight is 273 g/mol. The lowest BCUT2D eigenvalue weighted by Crippen LogP contribution is -2.39. The van der Waals surface area contributed by atoms with Crippen LogP contribution in [-0.2, 0) is 9.59 Å². The van der Waals surface area contributed by atoms with E-state index in [1.165, 1.54) is 0 Å². The standard InChI is InChI=1S/C13H23NO3S/c1-13(2,3)9-10(12(16)17)8-11(15)14-4-6-18-7-5-14/h10H,4-9H2,1-3H3,(H,16,17). The first-order chi connectivity index (χ1) is 8.29. The van der Waals surface area contributed by atoms with Gasteiger partial charge in [0.25, 0.3) is 0 Å². The third-order valence-corrected chi connectivity index (χ3v) is 3.94. The molecular weight excluding hydrogens is 250 g/mol. The molecule has 1 rings (SSSR count). The van der Waals surface area contributed by atoms with Crippen LogP contribution in [0.4, 0.5) is 0 Å². The Bertz CT molecular complexity index is 306. The third-order valence-electron chi connectivity index (χ3n) is 2.99. The summed E-state index contributed by atoms with van der Waals surface area (Å²) in [5, 5.41) is 9.21. The van der Waals surface area contributed by atoms with Crippen LogP contribution in [-0.4, -0.2) is 46.5 Å². The third kappa shape index (κ3) is 5.29. The first-order valence-corrected chi connectivity index (χ1v) is 7.53. The van der Waals surface area contributed by atoms with Gasteiger partial charge < -0.3 is 10.0 Å². The van der Waals surface area contributed by atoms with Crippen LogP contribution in [0.15, 0.2) is 0 Å². The summed E-state index contributed by atoms with van der Waals surface area (Å²) in [6.45, 7) is 7.53. The number of carbonyl (C=O) groups is 2. The summed E-state index contributed by atoms with van der Waals surface area (Å²) in [5.74, 6) is 0.495. The first-order valence-electron chi connectivity index (χ1n) is 6.38. The quantitative estimate of drug-likeness (QED) is 0.852. The molecule has 1 aliphatic rings. The van der Waals surface area contributed by atoms with E-state index in [1.807, 2.05) is 32.5 Å². The number of carboxylic acid groups (broad SMARTS) is 1. The molecule has 1 atom stereocenters. The Labute approximate surface area is 113 Å². The van der Waals surface area contributed by atoms with Crippen molar-refractivity contribution in [1.29, 1.82) is 0 Å². The van der Waals surface area contributed by atoms with E-state index in [-0.39, 0.29) is 17.7 Å². The molecule has 0 aromatic rings. The van der Waals surface area contributed by atoms with Crippen LogP contribution in [0.5, 0.6) is 0 Å². The van der Waals surface area contributed by atoms with Crippen molar-refractivity contribution in [3.8, 4) is 0 Å². The molecule has 0 aliphatic carbocycles. The molecule has 0 aromatic carbocycles. The van der Waals surface area contributed by atoms with Crippen molar-refractivity contribution in [1.82, 2.24) is 4.90 Å². The van der Waals surface area contributed by atoms with E-state index in [0.29, 0.717) is 6.42 Å². The van der Waals surface area contributed by atoms with E-state index in [4.69, 9.17) is 0 Å². The van der Waals surface area contributed by atoms with E-state index in [0.717, 1.165) is 24.6 Å². The molecule has 0 saturated carbocycles. The summed E-state index contributed by atoms with van der Waals surface area (Å²) < 4.78 is 0. The van der Waals surface area contributed by atoms with E-state index >= 15 is 0 Å². The monoisotopic (exact) mass is 273 g/mol. The van der Waals surface area contributed by atoms with Gasteiger partial charge in [-0.3, -0.25) is 9.59 Å². The number of hydrogen-bond donors (Lipinski definition) is 1. The average Bonchev–Trinajstić information content (AvgIpc) is 2.27. The number of carboxylic acids is 1. The highest BCUT2D eigenvalue weighted by Gasteiger charge is 2.29. The van der Waals surface area contributed by atoms with Crippen LogP contribution in [0.2, 0.25) is 0 Å². The minimum Gasteiger partial charge on any atom is -0.481 e. The highest BCUT2D eigenvalue weighted by Crippen LogP contribution is 2.27. The molecule has 18 heavy (non-hydrogen) atoms. The van der Waals surface area contributed by atoms with Gasteiger partial charge in [-0.2, -0.15) is 11.8 Å². The van der Waals surface area contributed by atoms with Crippen molar-refractivity contribution >= 4 is 23.6 Å². The molecule has 0 spiro atoms. The van der Waals surface area contributed by atoms with Gasteiger partial charge in [-0.05, 0) is 11.8 Å². The molecule has 1 fully saturated rings. The Kier molecular flexibility index (Phi) is 5.50. The van der Waals surface area contributed by atoms with Gasteiger partial charge >= 0.3 is 5.97 Å². The van der Waals surface area contributed by atoms with Gasteiger partial charge in [0.15, 0.2) is 0 Å². The number of amides is 1. The lowest BCUT2D eigenvalue weighted by molar-refractivity contribution is -0.147. The maximum absolute atomic E-state index is 12.1. The number of nitrogens with zero attached hydrogens (tertiary/aromatic N) is 1. The molecular formula is C13H23NO3S. The number of rotatable bonds is 4. The van der Waals surface area contributed by atoms with Crippen LogP contribution >= 0.6 is 11.8 Å². The fourth-order valence-corrected chi connectivity index (χ4v) is 3.04. The molecule has 0 aromatic heterocycles. The number of aliphatic carboxylic acids is 1. The summed E-state index contributed by atoms with van der Waals surface area (Å²) in [5.41, 5.74) is -0.0684.